The molecule has 0 aliphatic rings. The summed E-state index contributed by atoms with van der Waals surface area (Å²) in [6.07, 6.45) is 0. The summed E-state index contributed by atoms with van der Waals surface area (Å²) in [5.74, 6) is -1.46. The van der Waals surface area contributed by atoms with Gasteiger partial charge in [0.25, 0.3) is 5.91 Å². The average Bonchev–Trinajstić information content (AvgIpc) is 3.03. The molecule has 2 N–H and O–H groups in total. The predicted octanol–water partition coefficient (Wildman–Crippen LogP) is 5.86. The summed E-state index contributed by atoms with van der Waals surface area (Å²) >= 11 is 0. The normalized spacial score (nSPS) is 11.7. The number of hydrogen-bond donors (Lipinski definition) is 2. The molecule has 0 aliphatic carbocycles. The second-order valence-corrected chi connectivity index (χ2v) is 13.5. The van der Waals surface area contributed by atoms with E-state index in [1.54, 1.807) is 0 Å². The first-order chi connectivity index (χ1) is 20.1. The number of carbonyl (C=O) groups excluding carboxylic acids is 1. The van der Waals surface area contributed by atoms with E-state index in [9.17, 15) is 14.7 Å². The molecular formula is C35H29NO3P2. The maximum atomic E-state index is 14.4. The van der Waals surface area contributed by atoms with Gasteiger partial charge in [-0.3, -0.25) is 4.79 Å². The molecule has 0 aliphatic heterocycles. The Morgan fingerprint density at radius 2 is 0.805 bits per heavy atom. The van der Waals surface area contributed by atoms with Crippen molar-refractivity contribution in [3.05, 3.63) is 168 Å². The molecule has 0 aromatic heterocycles. The molecule has 0 saturated heterocycles. The van der Waals surface area contributed by atoms with Crippen molar-refractivity contribution in [1.82, 2.24) is 5.32 Å². The molecule has 6 heteroatoms. The molecule has 5 aromatic rings. The summed E-state index contributed by atoms with van der Waals surface area (Å²) in [6, 6.07) is 48.5. The van der Waals surface area contributed by atoms with Gasteiger partial charge in [-0.05, 0) is 42.6 Å². The number of carboxylic acids is 1. The quantitative estimate of drug-likeness (QED) is 0.162. The zero-order valence-corrected chi connectivity index (χ0v) is 24.1. The Bertz CT molecular complexity index is 1530. The molecule has 0 heterocycles. The first kappa shape index (κ1) is 28.2. The molecule has 202 valence electrons. The molecule has 0 fully saturated rings. The Morgan fingerprint density at radius 3 is 1.15 bits per heavy atom. The Morgan fingerprint density at radius 1 is 0.488 bits per heavy atom. The van der Waals surface area contributed by atoms with Crippen molar-refractivity contribution in [2.24, 2.45) is 0 Å². The average molecular weight is 574 g/mol. The van der Waals surface area contributed by atoms with E-state index in [0.29, 0.717) is 5.31 Å². The van der Waals surface area contributed by atoms with E-state index in [4.69, 9.17) is 0 Å². The standard InChI is InChI=1S/C35H29NO3P2/c37-34(36-26-27-16-6-1-7-17-27)32(40(28-18-8-2-9-19-28)29-20-10-3-11-21-29)33(35(38)39)41(30-22-12-4-13-23-30)31-24-14-5-15-25-31/h1-25H,26H2,(H,36,37)(H,38,39)/b33-32-. The summed E-state index contributed by atoms with van der Waals surface area (Å²) < 4.78 is 0. The minimum absolute atomic E-state index is 0.141. The van der Waals surface area contributed by atoms with E-state index >= 15 is 0 Å². The van der Waals surface area contributed by atoms with Gasteiger partial charge in [0.1, 0.15) is 0 Å². The van der Waals surface area contributed by atoms with Crippen LogP contribution in [0.3, 0.4) is 0 Å². The van der Waals surface area contributed by atoms with Crippen molar-refractivity contribution in [1.29, 1.82) is 0 Å². The summed E-state index contributed by atoms with van der Waals surface area (Å²) in [7, 11) is -3.08. The number of carboxylic acid groups (broad SMARTS) is 1. The van der Waals surface area contributed by atoms with Crippen molar-refractivity contribution in [3.63, 3.8) is 0 Å². The van der Waals surface area contributed by atoms with Crippen LogP contribution < -0.4 is 26.5 Å². The smallest absolute Gasteiger partial charge is 0.337 e. The number of benzene rings is 5. The summed E-state index contributed by atoms with van der Waals surface area (Å²) in [4.78, 5) is 27.9. The van der Waals surface area contributed by atoms with E-state index in [0.717, 1.165) is 26.8 Å². The zero-order valence-electron chi connectivity index (χ0n) is 22.3. The van der Waals surface area contributed by atoms with Crippen LogP contribution in [0.2, 0.25) is 0 Å². The maximum absolute atomic E-state index is 14.4. The van der Waals surface area contributed by atoms with Crippen LogP contribution >= 0.6 is 15.8 Å². The maximum Gasteiger partial charge on any atom is 0.337 e. The van der Waals surface area contributed by atoms with E-state index < -0.39 is 21.8 Å². The van der Waals surface area contributed by atoms with Crippen LogP contribution in [-0.4, -0.2) is 17.0 Å². The van der Waals surface area contributed by atoms with E-state index in [2.05, 4.69) is 5.32 Å². The molecule has 0 atom stereocenters. The Labute approximate surface area is 242 Å². The van der Waals surface area contributed by atoms with E-state index in [-0.39, 0.29) is 17.8 Å². The molecule has 0 unspecified atom stereocenters. The number of amides is 1. The second-order valence-electron chi connectivity index (χ2n) is 9.18. The van der Waals surface area contributed by atoms with Gasteiger partial charge in [-0.25, -0.2) is 4.79 Å². The van der Waals surface area contributed by atoms with E-state index in [1.165, 1.54) is 0 Å². The van der Waals surface area contributed by atoms with Crippen molar-refractivity contribution in [2.45, 2.75) is 6.54 Å². The number of rotatable bonds is 10. The Kier molecular flexibility index (Phi) is 9.49. The highest BCUT2D eigenvalue weighted by Crippen LogP contribution is 2.53. The number of aliphatic carboxylic acids is 1. The lowest BCUT2D eigenvalue weighted by molar-refractivity contribution is -0.132. The molecule has 5 rings (SSSR count). The molecule has 0 spiro atoms. The number of nitrogens with one attached hydrogen (secondary N) is 1. The lowest BCUT2D eigenvalue weighted by atomic mass is 10.2. The Balaban J connectivity index is 1.79. The summed E-state index contributed by atoms with van der Waals surface area (Å²) in [6.45, 7) is 0.289. The first-order valence-electron chi connectivity index (χ1n) is 13.2. The van der Waals surface area contributed by atoms with Gasteiger partial charge in [0, 0.05) is 6.54 Å². The van der Waals surface area contributed by atoms with Gasteiger partial charge in [0.05, 0.1) is 10.6 Å². The molecule has 5 aromatic carbocycles. The fourth-order valence-corrected chi connectivity index (χ4v) is 9.81. The Hall–Kier alpha value is -4.36. The monoisotopic (exact) mass is 573 g/mol. The van der Waals surface area contributed by atoms with Gasteiger partial charge in [-0.2, -0.15) is 0 Å². The van der Waals surface area contributed by atoms with Crippen molar-refractivity contribution in [2.75, 3.05) is 0 Å². The highest BCUT2D eigenvalue weighted by molar-refractivity contribution is 7.82. The van der Waals surface area contributed by atoms with Crippen molar-refractivity contribution < 1.29 is 14.7 Å². The fourth-order valence-electron chi connectivity index (χ4n) is 4.60. The highest BCUT2D eigenvalue weighted by atomic mass is 31.1. The summed E-state index contributed by atoms with van der Waals surface area (Å²) in [5, 5.41) is 18.1. The first-order valence-corrected chi connectivity index (χ1v) is 15.9. The largest absolute Gasteiger partial charge is 0.478 e. The van der Waals surface area contributed by atoms with Crippen LogP contribution in [-0.2, 0) is 16.1 Å². The zero-order chi connectivity index (χ0) is 28.4. The van der Waals surface area contributed by atoms with Crippen LogP contribution in [0.4, 0.5) is 0 Å². The molecule has 4 nitrogen and oxygen atoms in total. The third-order valence-electron chi connectivity index (χ3n) is 6.44. The minimum atomic E-state index is -1.57. The molecule has 0 radical (unpaired) electrons. The second kappa shape index (κ2) is 13.8. The SMILES string of the molecule is O=C(O)/C(=C(\C(=O)NCc1ccccc1)P(c1ccccc1)c1ccccc1)P(c1ccccc1)c1ccccc1. The van der Waals surface area contributed by atoms with Gasteiger partial charge < -0.3 is 10.4 Å². The van der Waals surface area contributed by atoms with E-state index in [1.807, 2.05) is 152 Å². The molecule has 41 heavy (non-hydrogen) atoms. The van der Waals surface area contributed by atoms with Gasteiger partial charge in [0.2, 0.25) is 0 Å². The lowest BCUT2D eigenvalue weighted by Gasteiger charge is -2.28. The van der Waals surface area contributed by atoms with Crippen LogP contribution in [0.25, 0.3) is 0 Å². The molecule has 1 amide bonds. The summed E-state index contributed by atoms with van der Waals surface area (Å²) in [5.41, 5.74) is 0.939. The third kappa shape index (κ3) is 6.87. The van der Waals surface area contributed by atoms with Gasteiger partial charge in [0.15, 0.2) is 0 Å². The lowest BCUT2D eigenvalue weighted by Crippen LogP contribution is -2.31. The fraction of sp³-hybridized carbons (Fsp3) is 0.0286. The highest BCUT2D eigenvalue weighted by Gasteiger charge is 2.35. The molecule has 0 bridgehead atoms. The topological polar surface area (TPSA) is 66.4 Å². The predicted molar refractivity (Wildman–Crippen MR) is 171 cm³/mol. The van der Waals surface area contributed by atoms with Crippen LogP contribution in [0.15, 0.2) is 162 Å². The number of hydrogen-bond acceptors (Lipinski definition) is 2. The van der Waals surface area contributed by atoms with Crippen molar-refractivity contribution >= 4 is 48.9 Å². The molecular weight excluding hydrogens is 544 g/mol. The molecule has 0 saturated carbocycles. The van der Waals surface area contributed by atoms with Crippen molar-refractivity contribution in [3.8, 4) is 0 Å². The van der Waals surface area contributed by atoms with Gasteiger partial charge >= 0.3 is 5.97 Å². The van der Waals surface area contributed by atoms with Crippen LogP contribution in [0.1, 0.15) is 5.56 Å². The number of carbonyl (C=O) groups is 2. The van der Waals surface area contributed by atoms with Gasteiger partial charge in [-0.15, -0.1) is 0 Å². The van der Waals surface area contributed by atoms with Gasteiger partial charge in [-0.1, -0.05) is 152 Å². The third-order valence-corrected chi connectivity index (χ3v) is 11.6. The minimum Gasteiger partial charge on any atom is -0.478 e. The van der Waals surface area contributed by atoms with Crippen LogP contribution in [0.5, 0.6) is 0 Å². The van der Waals surface area contributed by atoms with Crippen LogP contribution in [0, 0.1) is 0 Å².